The van der Waals surface area contributed by atoms with Gasteiger partial charge in [-0.3, -0.25) is 9.59 Å². The average molecular weight is 392 g/mol. The minimum Gasteiger partial charge on any atom is -0.493 e. The highest BCUT2D eigenvalue weighted by molar-refractivity contribution is 7.89. The number of hydrogen-bond donors (Lipinski definition) is 2. The van der Waals surface area contributed by atoms with Gasteiger partial charge in [-0.1, -0.05) is 23.8 Å². The molecule has 0 bridgehead atoms. The molecule has 2 aromatic carbocycles. The highest BCUT2D eigenvalue weighted by Crippen LogP contribution is 2.14. The summed E-state index contributed by atoms with van der Waals surface area (Å²) in [6, 6.07) is 12.8. The van der Waals surface area contributed by atoms with Crippen molar-refractivity contribution in [3.05, 3.63) is 54.1 Å². The van der Waals surface area contributed by atoms with E-state index in [2.05, 4.69) is 5.32 Å². The predicted molar refractivity (Wildman–Crippen MR) is 98.7 cm³/mol. The van der Waals surface area contributed by atoms with E-state index in [0.717, 1.165) is 5.56 Å². The molecule has 3 N–H and O–H groups in total. The fourth-order valence-electron chi connectivity index (χ4n) is 2.05. The highest BCUT2D eigenvalue weighted by Gasteiger charge is 2.11. The van der Waals surface area contributed by atoms with Crippen molar-refractivity contribution >= 4 is 27.6 Å². The van der Waals surface area contributed by atoms with E-state index >= 15 is 0 Å². The van der Waals surface area contributed by atoms with Gasteiger partial charge in [0.25, 0.3) is 5.91 Å². The van der Waals surface area contributed by atoms with Crippen molar-refractivity contribution in [3.8, 4) is 5.75 Å². The first-order chi connectivity index (χ1) is 12.7. The number of rotatable bonds is 8. The molecule has 0 aliphatic rings. The van der Waals surface area contributed by atoms with Gasteiger partial charge in [0.1, 0.15) is 5.75 Å². The summed E-state index contributed by atoms with van der Waals surface area (Å²) in [4.78, 5) is 23.3. The van der Waals surface area contributed by atoms with E-state index in [1.54, 1.807) is 12.1 Å². The van der Waals surface area contributed by atoms with Gasteiger partial charge in [0, 0.05) is 5.69 Å². The number of nitrogens with two attached hydrogens (primary N) is 1. The first-order valence-electron chi connectivity index (χ1n) is 8.02. The SMILES string of the molecule is Cc1ccc(OCCC(=O)OCC(=O)Nc2cccc(S(N)(=O)=O)c2)cc1. The second-order valence-corrected chi connectivity index (χ2v) is 7.25. The fourth-order valence-corrected chi connectivity index (χ4v) is 2.61. The van der Waals surface area contributed by atoms with E-state index in [1.165, 1.54) is 24.3 Å². The van der Waals surface area contributed by atoms with Gasteiger partial charge in [0.15, 0.2) is 6.61 Å². The van der Waals surface area contributed by atoms with Gasteiger partial charge >= 0.3 is 5.97 Å². The minimum atomic E-state index is -3.87. The van der Waals surface area contributed by atoms with Crippen LogP contribution in [0.2, 0.25) is 0 Å². The molecule has 8 nitrogen and oxygen atoms in total. The number of nitrogens with one attached hydrogen (secondary N) is 1. The molecule has 0 unspecified atom stereocenters. The lowest BCUT2D eigenvalue weighted by atomic mass is 10.2. The molecule has 144 valence electrons. The van der Waals surface area contributed by atoms with Crippen molar-refractivity contribution in [2.24, 2.45) is 5.14 Å². The maximum atomic E-state index is 11.8. The summed E-state index contributed by atoms with van der Waals surface area (Å²) in [6.07, 6.45) is -0.0118. The Hall–Kier alpha value is -2.91. The van der Waals surface area contributed by atoms with Gasteiger partial charge in [-0.2, -0.15) is 0 Å². The van der Waals surface area contributed by atoms with Gasteiger partial charge < -0.3 is 14.8 Å². The Morgan fingerprint density at radius 3 is 2.48 bits per heavy atom. The molecule has 0 radical (unpaired) electrons. The molecule has 0 aromatic heterocycles. The summed E-state index contributed by atoms with van der Waals surface area (Å²) in [7, 11) is -3.87. The third-order valence-electron chi connectivity index (χ3n) is 3.41. The summed E-state index contributed by atoms with van der Waals surface area (Å²) < 4.78 is 32.8. The number of esters is 1. The Morgan fingerprint density at radius 2 is 1.81 bits per heavy atom. The maximum absolute atomic E-state index is 11.8. The largest absolute Gasteiger partial charge is 0.493 e. The van der Waals surface area contributed by atoms with Crippen LogP contribution in [0.1, 0.15) is 12.0 Å². The van der Waals surface area contributed by atoms with Crippen LogP contribution >= 0.6 is 0 Å². The standard InChI is InChI=1S/C18H20N2O6S/c1-13-5-7-15(8-6-13)25-10-9-18(22)26-12-17(21)20-14-3-2-4-16(11-14)27(19,23)24/h2-8,11H,9-10,12H2,1H3,(H,20,21)(H2,19,23,24). The molecule has 0 fully saturated rings. The molecule has 2 rings (SSSR count). The van der Waals surface area contributed by atoms with Crippen LogP contribution in [0, 0.1) is 6.92 Å². The molecule has 0 aliphatic heterocycles. The molecule has 0 saturated carbocycles. The summed E-state index contributed by atoms with van der Waals surface area (Å²) in [6.45, 7) is 1.58. The van der Waals surface area contributed by atoms with E-state index in [-0.39, 0.29) is 23.6 Å². The number of anilines is 1. The van der Waals surface area contributed by atoms with Gasteiger partial charge in [-0.05, 0) is 37.3 Å². The van der Waals surface area contributed by atoms with Crippen LogP contribution in [-0.2, 0) is 24.3 Å². The third kappa shape index (κ3) is 7.08. The van der Waals surface area contributed by atoms with Crippen molar-refractivity contribution in [3.63, 3.8) is 0 Å². The summed E-state index contributed by atoms with van der Waals surface area (Å²) in [5, 5.41) is 7.46. The Balaban J connectivity index is 1.73. The Bertz CT molecular complexity index is 910. The molecular formula is C18H20N2O6S. The van der Waals surface area contributed by atoms with E-state index < -0.39 is 28.5 Å². The number of carbonyl (C=O) groups excluding carboxylic acids is 2. The predicted octanol–water partition coefficient (Wildman–Crippen LogP) is 1.59. The second kappa shape index (κ2) is 9.15. The molecule has 0 spiro atoms. The van der Waals surface area contributed by atoms with Crippen LogP contribution < -0.4 is 15.2 Å². The number of aryl methyl sites for hydroxylation is 1. The highest BCUT2D eigenvalue weighted by atomic mass is 32.2. The van der Waals surface area contributed by atoms with E-state index in [9.17, 15) is 18.0 Å². The zero-order valence-corrected chi connectivity index (χ0v) is 15.5. The van der Waals surface area contributed by atoms with Crippen LogP contribution in [0.5, 0.6) is 5.75 Å². The van der Waals surface area contributed by atoms with Crippen LogP contribution in [0.4, 0.5) is 5.69 Å². The number of amides is 1. The molecule has 27 heavy (non-hydrogen) atoms. The minimum absolute atomic E-state index is 0.0118. The van der Waals surface area contributed by atoms with E-state index in [1.807, 2.05) is 19.1 Å². The van der Waals surface area contributed by atoms with Crippen LogP contribution in [0.3, 0.4) is 0 Å². The molecule has 0 saturated heterocycles. The molecule has 0 heterocycles. The van der Waals surface area contributed by atoms with Crippen molar-refractivity contribution in [1.29, 1.82) is 0 Å². The van der Waals surface area contributed by atoms with Crippen LogP contribution in [-0.4, -0.2) is 33.5 Å². The smallest absolute Gasteiger partial charge is 0.309 e. The number of ether oxygens (including phenoxy) is 2. The van der Waals surface area contributed by atoms with Gasteiger partial charge in [0.2, 0.25) is 10.0 Å². The van der Waals surface area contributed by atoms with Gasteiger partial charge in [0.05, 0.1) is 17.9 Å². The molecule has 0 atom stereocenters. The first-order valence-corrected chi connectivity index (χ1v) is 9.56. The van der Waals surface area contributed by atoms with Crippen molar-refractivity contribution in [2.75, 3.05) is 18.5 Å². The number of carbonyl (C=O) groups is 2. The number of primary sulfonamides is 1. The third-order valence-corrected chi connectivity index (χ3v) is 4.32. The number of benzene rings is 2. The Kier molecular flexibility index (Phi) is 6.91. The van der Waals surface area contributed by atoms with Crippen LogP contribution in [0.25, 0.3) is 0 Å². The number of hydrogen-bond acceptors (Lipinski definition) is 6. The summed E-state index contributed by atoms with van der Waals surface area (Å²) >= 11 is 0. The second-order valence-electron chi connectivity index (χ2n) is 5.69. The van der Waals surface area contributed by atoms with Crippen molar-refractivity contribution < 1.29 is 27.5 Å². The Morgan fingerprint density at radius 1 is 1.11 bits per heavy atom. The lowest BCUT2D eigenvalue weighted by molar-refractivity contribution is -0.147. The summed E-state index contributed by atoms with van der Waals surface area (Å²) in [5.41, 5.74) is 1.33. The van der Waals surface area contributed by atoms with Gasteiger partial charge in [-0.15, -0.1) is 0 Å². The Labute approximate surface area is 157 Å². The topological polar surface area (TPSA) is 125 Å². The molecule has 2 aromatic rings. The van der Waals surface area contributed by atoms with E-state index in [0.29, 0.717) is 5.75 Å². The summed E-state index contributed by atoms with van der Waals surface area (Å²) in [5.74, 6) is -0.550. The number of sulfonamides is 1. The maximum Gasteiger partial charge on any atom is 0.309 e. The monoisotopic (exact) mass is 392 g/mol. The zero-order chi connectivity index (χ0) is 19.9. The quantitative estimate of drug-likeness (QED) is 0.657. The van der Waals surface area contributed by atoms with Crippen molar-refractivity contribution in [1.82, 2.24) is 0 Å². The fraction of sp³-hybridized carbons (Fsp3) is 0.222. The van der Waals surface area contributed by atoms with Gasteiger partial charge in [-0.25, -0.2) is 13.6 Å². The average Bonchev–Trinajstić information content (AvgIpc) is 2.61. The lowest BCUT2D eigenvalue weighted by Gasteiger charge is -2.08. The molecule has 9 heteroatoms. The normalized spacial score (nSPS) is 10.9. The molecule has 0 aliphatic carbocycles. The molecular weight excluding hydrogens is 372 g/mol. The zero-order valence-electron chi connectivity index (χ0n) is 14.7. The first kappa shape index (κ1) is 20.4. The van der Waals surface area contributed by atoms with Crippen LogP contribution in [0.15, 0.2) is 53.4 Å². The molecule has 1 amide bonds. The van der Waals surface area contributed by atoms with E-state index in [4.69, 9.17) is 14.6 Å². The van der Waals surface area contributed by atoms with Crippen molar-refractivity contribution in [2.45, 2.75) is 18.2 Å². The lowest BCUT2D eigenvalue weighted by Crippen LogP contribution is -2.22.